The summed E-state index contributed by atoms with van der Waals surface area (Å²) in [7, 11) is 0. The van der Waals surface area contributed by atoms with Crippen molar-refractivity contribution in [2.45, 2.75) is 6.92 Å². The Bertz CT molecular complexity index is 271. The number of benzene rings is 1. The fraction of sp³-hybridized carbons (Fsp3) is 0.143. The van der Waals surface area contributed by atoms with Crippen molar-refractivity contribution in [3.05, 3.63) is 27.7 Å². The Morgan fingerprint density at radius 3 is 2.36 bits per heavy atom. The lowest BCUT2D eigenvalue weighted by molar-refractivity contribution is 1.34. The fourth-order valence-electron chi connectivity index (χ4n) is 0.693. The summed E-state index contributed by atoms with van der Waals surface area (Å²) in [6.45, 7) is 2.11. The summed E-state index contributed by atoms with van der Waals surface area (Å²) in [6, 6.07) is 2.11. The van der Waals surface area contributed by atoms with E-state index in [1.807, 2.05) is 0 Å². The minimum atomic E-state index is 1.17. The molecule has 0 radical (unpaired) electrons. The van der Waals surface area contributed by atoms with Crippen molar-refractivity contribution in [3.63, 3.8) is 0 Å². The maximum absolute atomic E-state index is 3.53. The number of halogens is 4. The van der Waals surface area contributed by atoms with Gasteiger partial charge in [-0.05, 0) is 95.6 Å². The van der Waals surface area contributed by atoms with Crippen LogP contribution in [0.3, 0.4) is 0 Å². The smallest absolute Gasteiger partial charge is 0.0349 e. The van der Waals surface area contributed by atoms with Crippen LogP contribution in [0.15, 0.2) is 15.0 Å². The van der Waals surface area contributed by atoms with Crippen LogP contribution in [0.1, 0.15) is 5.56 Å². The van der Waals surface area contributed by atoms with E-state index >= 15 is 0 Å². The molecule has 4 heteroatoms. The third-order valence-electron chi connectivity index (χ3n) is 1.33. The van der Waals surface area contributed by atoms with Crippen LogP contribution >= 0.6 is 77.0 Å². The molecule has 0 aliphatic rings. The van der Waals surface area contributed by atoms with Crippen LogP contribution in [0.2, 0.25) is 0 Å². The van der Waals surface area contributed by atoms with E-state index in [2.05, 4.69) is 90.0 Å². The quantitative estimate of drug-likeness (QED) is 0.356. The van der Waals surface area contributed by atoms with Crippen LogP contribution < -0.4 is 0 Å². The van der Waals surface area contributed by atoms with E-state index in [4.69, 9.17) is 0 Å². The summed E-state index contributed by atoms with van der Waals surface area (Å²) in [6.07, 6.45) is 0. The second-order valence-corrected chi connectivity index (χ2v) is 5.98. The zero-order valence-electron chi connectivity index (χ0n) is 5.59. The molecule has 0 heterocycles. The average molecular weight is 502 g/mol. The van der Waals surface area contributed by atoms with Gasteiger partial charge < -0.3 is 0 Å². The van der Waals surface area contributed by atoms with Crippen molar-refractivity contribution in [3.8, 4) is 0 Å². The standard InChI is InChI=1S/C7H4Br2I2/c1-3-6(9)5(10)2-4(8)7(3)11/h2H,1H3. The van der Waals surface area contributed by atoms with E-state index in [1.165, 1.54) is 21.6 Å². The first-order valence-electron chi connectivity index (χ1n) is 2.83. The lowest BCUT2D eigenvalue weighted by Crippen LogP contribution is -1.87. The van der Waals surface area contributed by atoms with E-state index in [0.29, 0.717) is 0 Å². The van der Waals surface area contributed by atoms with Gasteiger partial charge in [0.05, 0.1) is 0 Å². The molecule has 0 bridgehead atoms. The van der Waals surface area contributed by atoms with Crippen LogP contribution in [0.5, 0.6) is 0 Å². The van der Waals surface area contributed by atoms with E-state index in [0.717, 1.165) is 0 Å². The Morgan fingerprint density at radius 1 is 1.27 bits per heavy atom. The maximum Gasteiger partial charge on any atom is 0.0349 e. The van der Waals surface area contributed by atoms with E-state index in [1.54, 1.807) is 0 Å². The lowest BCUT2D eigenvalue weighted by Gasteiger charge is -2.05. The summed E-state index contributed by atoms with van der Waals surface area (Å²) in [5.74, 6) is 0. The van der Waals surface area contributed by atoms with Crippen molar-refractivity contribution in [2.75, 3.05) is 0 Å². The number of rotatable bonds is 0. The lowest BCUT2D eigenvalue weighted by atomic mass is 10.2. The van der Waals surface area contributed by atoms with Gasteiger partial charge in [-0.3, -0.25) is 0 Å². The summed E-state index contributed by atoms with van der Waals surface area (Å²) >= 11 is 11.7. The predicted octanol–water partition coefficient (Wildman–Crippen LogP) is 4.73. The van der Waals surface area contributed by atoms with Crippen LogP contribution in [-0.2, 0) is 0 Å². The molecule has 1 aromatic carbocycles. The van der Waals surface area contributed by atoms with Gasteiger partial charge in [-0.1, -0.05) is 0 Å². The van der Waals surface area contributed by atoms with Crippen molar-refractivity contribution in [2.24, 2.45) is 0 Å². The molecule has 0 saturated carbocycles. The minimum absolute atomic E-state index is 1.17. The Balaban J connectivity index is 3.46. The SMILES string of the molecule is Cc1c(Br)c(I)cc(Br)c1I. The monoisotopic (exact) mass is 500 g/mol. The van der Waals surface area contributed by atoms with E-state index < -0.39 is 0 Å². The van der Waals surface area contributed by atoms with Gasteiger partial charge in [-0.15, -0.1) is 0 Å². The molecule has 0 saturated heterocycles. The van der Waals surface area contributed by atoms with Crippen LogP contribution in [-0.4, -0.2) is 0 Å². The highest BCUT2D eigenvalue weighted by Crippen LogP contribution is 2.32. The van der Waals surface area contributed by atoms with Crippen LogP contribution in [0.4, 0.5) is 0 Å². The first-order valence-corrected chi connectivity index (χ1v) is 6.58. The highest BCUT2D eigenvalue weighted by molar-refractivity contribution is 14.1. The Hall–Kier alpha value is 1.64. The normalized spacial score (nSPS) is 10.3. The minimum Gasteiger partial charge on any atom is -0.0496 e. The van der Waals surface area contributed by atoms with Crippen molar-refractivity contribution >= 4 is 77.0 Å². The van der Waals surface area contributed by atoms with Crippen LogP contribution in [0, 0.1) is 14.1 Å². The molecule has 0 amide bonds. The van der Waals surface area contributed by atoms with Gasteiger partial charge in [0.15, 0.2) is 0 Å². The molecule has 11 heavy (non-hydrogen) atoms. The zero-order chi connectivity index (χ0) is 8.59. The fourth-order valence-corrected chi connectivity index (χ4v) is 3.47. The van der Waals surface area contributed by atoms with Crippen molar-refractivity contribution in [1.82, 2.24) is 0 Å². The largest absolute Gasteiger partial charge is 0.0496 e. The molecule has 0 aliphatic heterocycles. The first kappa shape index (κ1) is 10.7. The molecule has 0 aliphatic carbocycles. The summed E-state index contributed by atoms with van der Waals surface area (Å²) in [4.78, 5) is 0. The molecule has 1 aromatic rings. The third kappa shape index (κ3) is 2.31. The van der Waals surface area contributed by atoms with Gasteiger partial charge in [0.2, 0.25) is 0 Å². The number of hydrogen-bond donors (Lipinski definition) is 0. The molecule has 60 valence electrons. The predicted molar refractivity (Wildman–Crippen MR) is 72.0 cm³/mol. The van der Waals surface area contributed by atoms with Crippen LogP contribution in [0.25, 0.3) is 0 Å². The molecule has 1 rings (SSSR count). The van der Waals surface area contributed by atoms with Gasteiger partial charge >= 0.3 is 0 Å². The zero-order valence-corrected chi connectivity index (χ0v) is 13.1. The van der Waals surface area contributed by atoms with Crippen molar-refractivity contribution < 1.29 is 0 Å². The maximum atomic E-state index is 3.53. The second kappa shape index (κ2) is 4.23. The topological polar surface area (TPSA) is 0 Å². The van der Waals surface area contributed by atoms with Gasteiger partial charge in [0.1, 0.15) is 0 Å². The number of hydrogen-bond acceptors (Lipinski definition) is 0. The Kier molecular flexibility index (Phi) is 4.13. The molecular weight excluding hydrogens is 498 g/mol. The molecule has 0 unspecified atom stereocenters. The molecule has 0 aromatic heterocycles. The van der Waals surface area contributed by atoms with E-state index in [9.17, 15) is 0 Å². The molecular formula is C7H4Br2I2. The highest BCUT2D eigenvalue weighted by Gasteiger charge is 2.07. The van der Waals surface area contributed by atoms with E-state index in [-0.39, 0.29) is 0 Å². The summed E-state index contributed by atoms with van der Waals surface area (Å²) in [5, 5.41) is 0. The summed E-state index contributed by atoms with van der Waals surface area (Å²) in [5.41, 5.74) is 1.30. The van der Waals surface area contributed by atoms with Gasteiger partial charge in [-0.2, -0.15) is 0 Å². The van der Waals surface area contributed by atoms with Crippen molar-refractivity contribution in [1.29, 1.82) is 0 Å². The van der Waals surface area contributed by atoms with Gasteiger partial charge in [0.25, 0.3) is 0 Å². The molecule has 0 nitrogen and oxygen atoms in total. The Morgan fingerprint density at radius 2 is 1.82 bits per heavy atom. The average Bonchev–Trinajstić information content (AvgIpc) is 1.97. The highest BCUT2D eigenvalue weighted by atomic mass is 127. The second-order valence-electron chi connectivity index (χ2n) is 2.09. The molecule has 0 fully saturated rings. The Labute approximate surface area is 110 Å². The third-order valence-corrected chi connectivity index (χ3v) is 6.70. The van der Waals surface area contributed by atoms with Gasteiger partial charge in [-0.25, -0.2) is 0 Å². The van der Waals surface area contributed by atoms with Gasteiger partial charge in [0, 0.05) is 16.1 Å². The molecule has 0 N–H and O–H groups in total. The molecule has 0 spiro atoms. The first-order chi connectivity index (χ1) is 5.04. The summed E-state index contributed by atoms with van der Waals surface area (Å²) < 4.78 is 4.89. The molecule has 0 atom stereocenters.